The predicted octanol–water partition coefficient (Wildman–Crippen LogP) is 1.47. The summed E-state index contributed by atoms with van der Waals surface area (Å²) < 4.78 is 0. The van der Waals surface area contributed by atoms with Gasteiger partial charge in [0, 0.05) is 24.0 Å². The van der Waals surface area contributed by atoms with Crippen LogP contribution in [0.25, 0.3) is 0 Å². The molecule has 3 rings (SSSR count). The molecule has 0 radical (unpaired) electrons. The lowest BCUT2D eigenvalue weighted by Crippen LogP contribution is -2.22. The van der Waals surface area contributed by atoms with Crippen LogP contribution < -0.4 is 5.01 Å². The predicted molar refractivity (Wildman–Crippen MR) is 59.2 cm³/mol. The van der Waals surface area contributed by atoms with Gasteiger partial charge in [0.2, 0.25) is 0 Å². The number of carbonyl (C=O) groups is 1. The lowest BCUT2D eigenvalue weighted by molar-refractivity contribution is -0.116. The lowest BCUT2D eigenvalue weighted by atomic mass is 10.2. The second-order valence-corrected chi connectivity index (χ2v) is 4.26. The topological polar surface area (TPSA) is 58.5 Å². The zero-order valence-corrected chi connectivity index (χ0v) is 9.05. The molecule has 5 nitrogen and oxygen atoms in total. The van der Waals surface area contributed by atoms with Gasteiger partial charge in [-0.05, 0) is 19.8 Å². The van der Waals surface area contributed by atoms with Crippen molar-refractivity contribution >= 4 is 17.4 Å². The van der Waals surface area contributed by atoms with E-state index in [1.54, 1.807) is 12.4 Å². The summed E-state index contributed by atoms with van der Waals surface area (Å²) in [4.78, 5) is 20.3. The smallest absolute Gasteiger partial charge is 0.254 e. The molecule has 0 saturated heterocycles. The minimum Gasteiger partial charge on any atom is -0.272 e. The first-order valence-corrected chi connectivity index (χ1v) is 5.43. The highest BCUT2D eigenvalue weighted by Gasteiger charge is 2.33. The van der Waals surface area contributed by atoms with Gasteiger partial charge in [-0.15, -0.1) is 0 Å². The number of hydrogen-bond donors (Lipinski definition) is 0. The maximum atomic E-state index is 11.7. The number of aromatic nitrogens is 2. The number of hydrogen-bond acceptors (Lipinski definition) is 4. The molecule has 2 heterocycles. The van der Waals surface area contributed by atoms with Gasteiger partial charge >= 0.3 is 0 Å². The van der Waals surface area contributed by atoms with Crippen LogP contribution in [-0.2, 0) is 4.79 Å². The summed E-state index contributed by atoms with van der Waals surface area (Å²) in [6.45, 7) is 1.85. The highest BCUT2D eigenvalue weighted by atomic mass is 16.2. The zero-order chi connectivity index (χ0) is 11.1. The Morgan fingerprint density at radius 2 is 2.06 bits per heavy atom. The van der Waals surface area contributed by atoms with Crippen LogP contribution in [0.5, 0.6) is 0 Å². The van der Waals surface area contributed by atoms with Gasteiger partial charge in [-0.2, -0.15) is 10.1 Å². The molecule has 1 amide bonds. The van der Waals surface area contributed by atoms with Crippen molar-refractivity contribution in [2.24, 2.45) is 5.10 Å². The summed E-state index contributed by atoms with van der Waals surface area (Å²) in [5, 5.41) is 5.61. The summed E-state index contributed by atoms with van der Waals surface area (Å²) >= 11 is 0. The van der Waals surface area contributed by atoms with Gasteiger partial charge in [-0.3, -0.25) is 9.78 Å². The second kappa shape index (κ2) is 3.37. The number of nitrogens with zero attached hydrogens (tertiary/aromatic N) is 4. The molecule has 1 aromatic rings. The minimum atomic E-state index is -0.0140. The Bertz CT molecular complexity index is 479. The Morgan fingerprint density at radius 1 is 1.31 bits per heavy atom. The maximum absolute atomic E-state index is 11.7. The SMILES string of the molecule is CC1=NN(c2nccnc2C2CC2)C(=O)C1. The average Bonchev–Trinajstić information content (AvgIpc) is 3.05. The molecule has 2 aliphatic rings. The first-order valence-electron chi connectivity index (χ1n) is 5.43. The van der Waals surface area contributed by atoms with Gasteiger partial charge < -0.3 is 0 Å². The summed E-state index contributed by atoms with van der Waals surface area (Å²) in [6.07, 6.45) is 5.94. The fourth-order valence-corrected chi connectivity index (χ4v) is 1.87. The standard InChI is InChI=1S/C11H12N4O/c1-7-6-9(16)15(14-7)11-10(8-2-3-8)12-4-5-13-11/h4-5,8H,2-3,6H2,1H3. The highest BCUT2D eigenvalue weighted by molar-refractivity contribution is 6.11. The number of hydrazone groups is 1. The van der Waals surface area contributed by atoms with Crippen molar-refractivity contribution < 1.29 is 4.79 Å². The molecular formula is C11H12N4O. The molecule has 1 aliphatic heterocycles. The van der Waals surface area contributed by atoms with E-state index >= 15 is 0 Å². The van der Waals surface area contributed by atoms with Crippen LogP contribution in [0.1, 0.15) is 37.8 Å². The summed E-state index contributed by atoms with van der Waals surface area (Å²) in [7, 11) is 0. The fraction of sp³-hybridized carbons (Fsp3) is 0.455. The van der Waals surface area contributed by atoms with Crippen LogP contribution in [0.3, 0.4) is 0 Å². The number of amides is 1. The molecule has 1 aliphatic carbocycles. The Labute approximate surface area is 93.2 Å². The van der Waals surface area contributed by atoms with E-state index in [2.05, 4.69) is 15.1 Å². The van der Waals surface area contributed by atoms with Crippen molar-refractivity contribution in [2.75, 3.05) is 5.01 Å². The van der Waals surface area contributed by atoms with E-state index in [-0.39, 0.29) is 5.91 Å². The molecule has 16 heavy (non-hydrogen) atoms. The normalized spacial score (nSPS) is 20.2. The molecule has 5 heteroatoms. The largest absolute Gasteiger partial charge is 0.272 e. The Morgan fingerprint density at radius 3 is 2.69 bits per heavy atom. The molecule has 0 spiro atoms. The third kappa shape index (κ3) is 1.48. The van der Waals surface area contributed by atoms with Crippen molar-refractivity contribution in [3.05, 3.63) is 18.1 Å². The van der Waals surface area contributed by atoms with E-state index < -0.39 is 0 Å². The number of rotatable bonds is 2. The van der Waals surface area contributed by atoms with Gasteiger partial charge in [-0.25, -0.2) is 4.98 Å². The van der Waals surface area contributed by atoms with Gasteiger partial charge in [-0.1, -0.05) is 0 Å². The van der Waals surface area contributed by atoms with Gasteiger partial charge in [0.25, 0.3) is 5.91 Å². The van der Waals surface area contributed by atoms with Crippen LogP contribution in [0.15, 0.2) is 17.5 Å². The third-order valence-corrected chi connectivity index (χ3v) is 2.78. The van der Waals surface area contributed by atoms with E-state index in [9.17, 15) is 4.79 Å². The Hall–Kier alpha value is -1.78. The van der Waals surface area contributed by atoms with Gasteiger partial charge in [0.05, 0.1) is 12.1 Å². The third-order valence-electron chi connectivity index (χ3n) is 2.78. The average molecular weight is 216 g/mol. The summed E-state index contributed by atoms with van der Waals surface area (Å²) in [5.74, 6) is 1.07. The van der Waals surface area contributed by atoms with Crippen molar-refractivity contribution in [1.82, 2.24) is 9.97 Å². The molecule has 1 fully saturated rings. The van der Waals surface area contributed by atoms with Crippen molar-refractivity contribution in [3.63, 3.8) is 0 Å². The van der Waals surface area contributed by atoms with E-state index in [1.165, 1.54) is 5.01 Å². The second-order valence-electron chi connectivity index (χ2n) is 4.26. The molecule has 1 saturated carbocycles. The van der Waals surface area contributed by atoms with E-state index in [4.69, 9.17) is 0 Å². The molecule has 0 unspecified atom stereocenters. The zero-order valence-electron chi connectivity index (χ0n) is 9.05. The summed E-state index contributed by atoms with van der Waals surface area (Å²) in [6, 6.07) is 0. The molecule has 0 bridgehead atoms. The van der Waals surface area contributed by atoms with Crippen LogP contribution in [-0.4, -0.2) is 21.6 Å². The maximum Gasteiger partial charge on any atom is 0.254 e. The lowest BCUT2D eigenvalue weighted by Gasteiger charge is -2.13. The fourth-order valence-electron chi connectivity index (χ4n) is 1.87. The first-order chi connectivity index (χ1) is 7.75. The van der Waals surface area contributed by atoms with Gasteiger partial charge in [0.15, 0.2) is 5.82 Å². The van der Waals surface area contributed by atoms with Crippen LogP contribution in [0.2, 0.25) is 0 Å². The minimum absolute atomic E-state index is 0.0140. The molecule has 0 atom stereocenters. The van der Waals surface area contributed by atoms with E-state index in [1.807, 2.05) is 6.92 Å². The van der Waals surface area contributed by atoms with Crippen LogP contribution in [0, 0.1) is 0 Å². The number of carbonyl (C=O) groups excluding carboxylic acids is 1. The number of anilines is 1. The monoisotopic (exact) mass is 216 g/mol. The van der Waals surface area contributed by atoms with Crippen molar-refractivity contribution in [3.8, 4) is 0 Å². The Kier molecular flexibility index (Phi) is 1.99. The van der Waals surface area contributed by atoms with Crippen molar-refractivity contribution in [2.45, 2.75) is 32.1 Å². The molecular weight excluding hydrogens is 204 g/mol. The first kappa shape index (κ1) is 9.45. The molecule has 0 aromatic carbocycles. The summed E-state index contributed by atoms with van der Waals surface area (Å²) in [5.41, 5.74) is 1.74. The Balaban J connectivity index is 2.02. The molecule has 1 aromatic heterocycles. The van der Waals surface area contributed by atoms with E-state index in [0.29, 0.717) is 18.2 Å². The highest BCUT2D eigenvalue weighted by Crippen LogP contribution is 2.42. The van der Waals surface area contributed by atoms with Crippen LogP contribution >= 0.6 is 0 Å². The van der Waals surface area contributed by atoms with Crippen molar-refractivity contribution in [1.29, 1.82) is 0 Å². The molecule has 0 N–H and O–H groups in total. The van der Waals surface area contributed by atoms with Gasteiger partial charge in [0.1, 0.15) is 0 Å². The van der Waals surface area contributed by atoms with E-state index in [0.717, 1.165) is 24.2 Å². The van der Waals surface area contributed by atoms with Crippen LogP contribution in [0.4, 0.5) is 5.82 Å². The quantitative estimate of drug-likeness (QED) is 0.752. The molecule has 82 valence electrons.